The molecule has 1 unspecified atom stereocenters. The average Bonchev–Trinajstić information content (AvgIpc) is 2.10. The molecule has 1 amide bonds. The van der Waals surface area contributed by atoms with Gasteiger partial charge in [-0.3, -0.25) is 4.79 Å². The SMILES string of the molecule is [CH2]C1CC(=O)N(C(C)C)C1. The molecule has 0 aromatic rings. The number of nitrogens with zero attached hydrogens (tertiary/aromatic N) is 1. The number of carbonyl (C=O) groups is 1. The van der Waals surface area contributed by atoms with E-state index in [9.17, 15) is 4.79 Å². The van der Waals surface area contributed by atoms with E-state index in [1.54, 1.807) is 0 Å². The second-order valence-electron chi connectivity index (χ2n) is 3.21. The zero-order chi connectivity index (χ0) is 7.72. The summed E-state index contributed by atoms with van der Waals surface area (Å²) < 4.78 is 0. The normalized spacial score (nSPS) is 26.6. The molecule has 1 aliphatic rings. The van der Waals surface area contributed by atoms with E-state index in [2.05, 4.69) is 6.92 Å². The maximum Gasteiger partial charge on any atom is 0.223 e. The van der Waals surface area contributed by atoms with E-state index in [-0.39, 0.29) is 5.91 Å². The van der Waals surface area contributed by atoms with Gasteiger partial charge in [0, 0.05) is 19.0 Å². The minimum Gasteiger partial charge on any atom is -0.340 e. The van der Waals surface area contributed by atoms with E-state index in [0.717, 1.165) is 6.54 Å². The van der Waals surface area contributed by atoms with E-state index in [1.165, 1.54) is 0 Å². The average molecular weight is 140 g/mol. The standard InChI is InChI=1S/C8H14NO/c1-6(2)9-5-7(3)4-8(9)10/h6-7H,3-5H2,1-2H3. The van der Waals surface area contributed by atoms with Crippen LogP contribution < -0.4 is 0 Å². The van der Waals surface area contributed by atoms with Gasteiger partial charge in [0.2, 0.25) is 5.91 Å². The third-order valence-corrected chi connectivity index (χ3v) is 1.86. The van der Waals surface area contributed by atoms with Crippen molar-refractivity contribution in [2.75, 3.05) is 6.54 Å². The van der Waals surface area contributed by atoms with Crippen LogP contribution in [0.2, 0.25) is 0 Å². The molecule has 2 heteroatoms. The predicted octanol–water partition coefficient (Wildman–Crippen LogP) is 1.08. The van der Waals surface area contributed by atoms with Crippen LogP contribution in [0, 0.1) is 12.8 Å². The first-order valence-corrected chi connectivity index (χ1v) is 3.74. The van der Waals surface area contributed by atoms with Crippen molar-refractivity contribution in [2.24, 2.45) is 5.92 Å². The molecule has 1 rings (SSSR count). The number of hydrogen-bond acceptors (Lipinski definition) is 1. The molecular weight excluding hydrogens is 126 g/mol. The number of likely N-dealkylation sites (tertiary alicyclic amines) is 1. The maximum atomic E-state index is 11.1. The number of carbonyl (C=O) groups excluding carboxylic acids is 1. The summed E-state index contributed by atoms with van der Waals surface area (Å²) in [6, 6.07) is 0.347. The van der Waals surface area contributed by atoms with Crippen LogP contribution in [-0.2, 0) is 4.79 Å². The molecule has 1 fully saturated rings. The largest absolute Gasteiger partial charge is 0.340 e. The molecule has 0 N–H and O–H groups in total. The van der Waals surface area contributed by atoms with E-state index in [4.69, 9.17) is 0 Å². The monoisotopic (exact) mass is 140 g/mol. The van der Waals surface area contributed by atoms with Gasteiger partial charge in [0.15, 0.2) is 0 Å². The molecule has 0 spiro atoms. The first-order chi connectivity index (χ1) is 4.61. The molecule has 0 bridgehead atoms. The van der Waals surface area contributed by atoms with Gasteiger partial charge >= 0.3 is 0 Å². The van der Waals surface area contributed by atoms with Crippen LogP contribution in [0.3, 0.4) is 0 Å². The smallest absolute Gasteiger partial charge is 0.223 e. The third kappa shape index (κ3) is 1.31. The highest BCUT2D eigenvalue weighted by atomic mass is 16.2. The summed E-state index contributed by atoms with van der Waals surface area (Å²) >= 11 is 0. The van der Waals surface area contributed by atoms with Crippen LogP contribution in [0.1, 0.15) is 20.3 Å². The molecule has 1 radical (unpaired) electrons. The minimum atomic E-state index is 0.259. The Labute approximate surface area is 62.2 Å². The van der Waals surface area contributed by atoms with Gasteiger partial charge in [-0.15, -0.1) is 0 Å². The van der Waals surface area contributed by atoms with Crippen LogP contribution in [0.4, 0.5) is 0 Å². The molecule has 0 saturated carbocycles. The molecule has 0 aromatic heterocycles. The van der Waals surface area contributed by atoms with Crippen LogP contribution in [0.15, 0.2) is 0 Å². The zero-order valence-corrected chi connectivity index (χ0v) is 6.63. The summed E-state index contributed by atoms with van der Waals surface area (Å²) in [6.45, 7) is 8.78. The van der Waals surface area contributed by atoms with Crippen molar-refractivity contribution >= 4 is 5.91 Å². The van der Waals surface area contributed by atoms with Gasteiger partial charge in [-0.05, 0) is 26.7 Å². The van der Waals surface area contributed by atoms with Crippen molar-refractivity contribution in [1.82, 2.24) is 4.90 Å². The number of hydrogen-bond donors (Lipinski definition) is 0. The van der Waals surface area contributed by atoms with E-state index < -0.39 is 0 Å². The lowest BCUT2D eigenvalue weighted by atomic mass is 10.2. The Balaban J connectivity index is 2.55. The molecule has 1 saturated heterocycles. The fourth-order valence-corrected chi connectivity index (χ4v) is 1.31. The van der Waals surface area contributed by atoms with E-state index in [1.807, 2.05) is 18.7 Å². The molecule has 57 valence electrons. The van der Waals surface area contributed by atoms with Crippen molar-refractivity contribution in [1.29, 1.82) is 0 Å². The lowest BCUT2D eigenvalue weighted by Crippen LogP contribution is -2.31. The molecule has 1 heterocycles. The Bertz CT molecular complexity index is 142. The summed E-state index contributed by atoms with van der Waals surface area (Å²) in [7, 11) is 0. The molecule has 0 aliphatic carbocycles. The Hall–Kier alpha value is -0.530. The minimum absolute atomic E-state index is 0.259. The van der Waals surface area contributed by atoms with Crippen molar-refractivity contribution in [3.63, 3.8) is 0 Å². The number of amides is 1. The molecular formula is C8H14NO. The molecule has 0 aromatic carbocycles. The Morgan fingerprint density at radius 1 is 1.70 bits per heavy atom. The summed E-state index contributed by atoms with van der Waals surface area (Å²) in [5, 5.41) is 0. The van der Waals surface area contributed by atoms with E-state index >= 15 is 0 Å². The highest BCUT2D eigenvalue weighted by molar-refractivity contribution is 5.79. The lowest BCUT2D eigenvalue weighted by Gasteiger charge is -2.20. The van der Waals surface area contributed by atoms with Gasteiger partial charge in [0.25, 0.3) is 0 Å². The van der Waals surface area contributed by atoms with Gasteiger partial charge in [-0.2, -0.15) is 0 Å². The quantitative estimate of drug-likeness (QED) is 0.533. The molecule has 10 heavy (non-hydrogen) atoms. The Morgan fingerprint density at radius 2 is 2.30 bits per heavy atom. The van der Waals surface area contributed by atoms with Crippen LogP contribution in [-0.4, -0.2) is 23.4 Å². The Kier molecular flexibility index (Phi) is 1.97. The van der Waals surface area contributed by atoms with Gasteiger partial charge in [-0.1, -0.05) is 0 Å². The van der Waals surface area contributed by atoms with Crippen LogP contribution in [0.5, 0.6) is 0 Å². The highest BCUT2D eigenvalue weighted by Gasteiger charge is 2.27. The molecule has 1 atom stereocenters. The van der Waals surface area contributed by atoms with Gasteiger partial charge in [-0.25, -0.2) is 0 Å². The third-order valence-electron chi connectivity index (χ3n) is 1.86. The van der Waals surface area contributed by atoms with Gasteiger partial charge < -0.3 is 4.90 Å². The fourth-order valence-electron chi connectivity index (χ4n) is 1.31. The number of rotatable bonds is 1. The van der Waals surface area contributed by atoms with Crippen LogP contribution in [0.25, 0.3) is 0 Å². The van der Waals surface area contributed by atoms with Crippen molar-refractivity contribution in [3.05, 3.63) is 6.92 Å². The van der Waals surface area contributed by atoms with Crippen molar-refractivity contribution < 1.29 is 4.79 Å². The molecule has 2 nitrogen and oxygen atoms in total. The van der Waals surface area contributed by atoms with E-state index in [0.29, 0.717) is 18.4 Å². The maximum absolute atomic E-state index is 11.1. The summed E-state index contributed by atoms with van der Waals surface area (Å²) in [4.78, 5) is 13.0. The van der Waals surface area contributed by atoms with Crippen molar-refractivity contribution in [2.45, 2.75) is 26.3 Å². The first kappa shape index (κ1) is 7.58. The summed E-state index contributed by atoms with van der Waals surface area (Å²) in [6.07, 6.45) is 0.637. The topological polar surface area (TPSA) is 20.3 Å². The predicted molar refractivity (Wildman–Crippen MR) is 40.3 cm³/mol. The van der Waals surface area contributed by atoms with Crippen molar-refractivity contribution in [3.8, 4) is 0 Å². The summed E-state index contributed by atoms with van der Waals surface area (Å²) in [5.74, 6) is 0.574. The van der Waals surface area contributed by atoms with Gasteiger partial charge in [0.05, 0.1) is 0 Å². The lowest BCUT2D eigenvalue weighted by molar-refractivity contribution is -0.129. The fraction of sp³-hybridized carbons (Fsp3) is 0.750. The van der Waals surface area contributed by atoms with Gasteiger partial charge in [0.1, 0.15) is 0 Å². The highest BCUT2D eigenvalue weighted by Crippen LogP contribution is 2.18. The summed E-state index contributed by atoms with van der Waals surface area (Å²) in [5.41, 5.74) is 0. The first-order valence-electron chi connectivity index (χ1n) is 3.74. The van der Waals surface area contributed by atoms with Crippen LogP contribution >= 0.6 is 0 Å². The second kappa shape index (κ2) is 2.60. The Morgan fingerprint density at radius 3 is 2.50 bits per heavy atom. The zero-order valence-electron chi connectivity index (χ0n) is 6.63. The molecule has 1 aliphatic heterocycles. The second-order valence-corrected chi connectivity index (χ2v) is 3.21.